The van der Waals surface area contributed by atoms with Gasteiger partial charge < -0.3 is 0 Å². The van der Waals surface area contributed by atoms with E-state index in [1.54, 1.807) is 5.20 Å². The van der Waals surface area contributed by atoms with Crippen molar-refractivity contribution < 1.29 is 4.79 Å². The Morgan fingerprint density at radius 1 is 1.25 bits per heavy atom. The molecule has 0 amide bonds. The van der Waals surface area contributed by atoms with E-state index in [9.17, 15) is 4.79 Å². The second-order valence-electron chi connectivity index (χ2n) is 4.40. The van der Waals surface area contributed by atoms with Gasteiger partial charge in [-0.1, -0.05) is 30.6 Å². The molecule has 0 aliphatic carbocycles. The van der Waals surface area contributed by atoms with Crippen LogP contribution in [0.2, 0.25) is 18.6 Å². The molecule has 0 aromatic carbocycles. The SMILES string of the molecule is C[Si]12CCCCC1=CC(=O)CC2. The van der Waals surface area contributed by atoms with E-state index in [-0.39, 0.29) is 0 Å². The lowest BCUT2D eigenvalue weighted by Crippen LogP contribution is -2.39. The van der Waals surface area contributed by atoms with Crippen LogP contribution in [0.1, 0.15) is 25.7 Å². The monoisotopic (exact) mass is 180 g/mol. The summed E-state index contributed by atoms with van der Waals surface area (Å²) >= 11 is 0. The summed E-state index contributed by atoms with van der Waals surface area (Å²) < 4.78 is 0. The van der Waals surface area contributed by atoms with Gasteiger partial charge in [0.1, 0.15) is 0 Å². The lowest BCUT2D eigenvalue weighted by molar-refractivity contribution is -0.114. The van der Waals surface area contributed by atoms with Crippen molar-refractivity contribution in [3.8, 4) is 0 Å². The van der Waals surface area contributed by atoms with Gasteiger partial charge >= 0.3 is 0 Å². The first-order valence-electron chi connectivity index (χ1n) is 4.95. The van der Waals surface area contributed by atoms with E-state index in [1.165, 1.54) is 31.4 Å². The Balaban J connectivity index is 2.29. The summed E-state index contributed by atoms with van der Waals surface area (Å²) in [6.45, 7) is 2.46. The van der Waals surface area contributed by atoms with Crippen molar-refractivity contribution in [2.24, 2.45) is 0 Å². The Morgan fingerprint density at radius 2 is 2.08 bits per heavy atom. The van der Waals surface area contributed by atoms with Gasteiger partial charge in [-0.25, -0.2) is 0 Å². The summed E-state index contributed by atoms with van der Waals surface area (Å²) in [7, 11) is -1.05. The molecule has 0 aromatic heterocycles. The molecule has 0 bridgehead atoms. The van der Waals surface area contributed by atoms with Crippen molar-refractivity contribution in [3.05, 3.63) is 11.3 Å². The van der Waals surface area contributed by atoms with Crippen molar-refractivity contribution >= 4 is 13.9 Å². The summed E-state index contributed by atoms with van der Waals surface area (Å²) in [5.41, 5.74) is 0. The molecule has 66 valence electrons. The van der Waals surface area contributed by atoms with Crippen LogP contribution in [0.15, 0.2) is 11.3 Å². The molecule has 2 heteroatoms. The predicted molar refractivity (Wildman–Crippen MR) is 52.8 cm³/mol. The van der Waals surface area contributed by atoms with Crippen LogP contribution in [0.5, 0.6) is 0 Å². The molecule has 2 rings (SSSR count). The first-order valence-corrected chi connectivity index (χ1v) is 7.86. The van der Waals surface area contributed by atoms with Gasteiger partial charge in [0.25, 0.3) is 0 Å². The van der Waals surface area contributed by atoms with Crippen LogP contribution in [0, 0.1) is 0 Å². The number of fused-ring (bicyclic) bond motifs is 1. The number of hydrogen-bond acceptors (Lipinski definition) is 1. The number of hydrogen-bond donors (Lipinski definition) is 0. The summed E-state index contributed by atoms with van der Waals surface area (Å²) in [6.07, 6.45) is 6.78. The molecule has 1 nitrogen and oxygen atoms in total. The number of allylic oxidation sites excluding steroid dienone is 2. The summed E-state index contributed by atoms with van der Waals surface area (Å²) in [4.78, 5) is 11.2. The van der Waals surface area contributed by atoms with Gasteiger partial charge in [0.2, 0.25) is 0 Å². The fourth-order valence-electron chi connectivity index (χ4n) is 2.49. The van der Waals surface area contributed by atoms with Crippen LogP contribution in [0.4, 0.5) is 0 Å². The number of carbonyl (C=O) groups excluding carboxylic acids is 1. The standard InChI is InChI=1S/C10H16OSi/c1-12-6-3-2-4-10(12)8-9(11)5-7-12/h8H,2-7H2,1H3. The molecule has 0 saturated carbocycles. The van der Waals surface area contributed by atoms with Gasteiger partial charge in [0.05, 0.1) is 8.07 Å². The molecule has 12 heavy (non-hydrogen) atoms. The predicted octanol–water partition coefficient (Wildman–Crippen LogP) is 2.69. The van der Waals surface area contributed by atoms with Gasteiger partial charge in [0, 0.05) is 6.42 Å². The van der Waals surface area contributed by atoms with Gasteiger partial charge in [-0.15, -0.1) is 0 Å². The average Bonchev–Trinajstić information content (AvgIpc) is 2.06. The minimum absolute atomic E-state index is 0.386. The molecule has 2 aliphatic heterocycles. The molecule has 0 N–H and O–H groups in total. The van der Waals surface area contributed by atoms with Gasteiger partial charge in [-0.05, 0) is 18.5 Å². The molecular formula is C10H16OSi. The van der Waals surface area contributed by atoms with Crippen molar-refractivity contribution in [1.82, 2.24) is 0 Å². The van der Waals surface area contributed by atoms with Crippen LogP contribution >= 0.6 is 0 Å². The van der Waals surface area contributed by atoms with E-state index in [0.717, 1.165) is 6.42 Å². The Hall–Kier alpha value is -0.373. The Morgan fingerprint density at radius 3 is 2.92 bits per heavy atom. The van der Waals surface area contributed by atoms with E-state index in [1.807, 2.05) is 6.08 Å². The van der Waals surface area contributed by atoms with Crippen LogP contribution in [0.3, 0.4) is 0 Å². The van der Waals surface area contributed by atoms with Crippen molar-refractivity contribution in [2.75, 3.05) is 0 Å². The van der Waals surface area contributed by atoms with E-state index in [0.29, 0.717) is 5.78 Å². The second-order valence-corrected chi connectivity index (χ2v) is 9.17. The summed E-state index contributed by atoms with van der Waals surface area (Å²) in [6, 6.07) is 2.67. The largest absolute Gasteiger partial charge is 0.295 e. The number of rotatable bonds is 0. The van der Waals surface area contributed by atoms with Crippen LogP contribution < -0.4 is 0 Å². The third-order valence-electron chi connectivity index (χ3n) is 3.46. The Bertz CT molecular complexity index is 244. The summed E-state index contributed by atoms with van der Waals surface area (Å²) in [5.74, 6) is 0.386. The fourth-order valence-corrected chi connectivity index (χ4v) is 6.50. The number of carbonyl (C=O) groups is 1. The highest BCUT2D eigenvalue weighted by Gasteiger charge is 2.36. The first kappa shape index (κ1) is 8.24. The van der Waals surface area contributed by atoms with Gasteiger partial charge in [-0.2, -0.15) is 0 Å². The zero-order valence-electron chi connectivity index (χ0n) is 7.73. The van der Waals surface area contributed by atoms with Crippen LogP contribution in [-0.4, -0.2) is 13.9 Å². The van der Waals surface area contributed by atoms with Crippen molar-refractivity contribution in [2.45, 2.75) is 44.3 Å². The first-order chi connectivity index (χ1) is 5.71. The van der Waals surface area contributed by atoms with Crippen molar-refractivity contribution in [1.29, 1.82) is 0 Å². The topological polar surface area (TPSA) is 17.1 Å². The molecule has 0 aromatic rings. The molecule has 2 aliphatic rings. The lowest BCUT2D eigenvalue weighted by atomic mass is 10.2. The van der Waals surface area contributed by atoms with Gasteiger partial charge in [-0.3, -0.25) is 4.79 Å². The fraction of sp³-hybridized carbons (Fsp3) is 0.700. The van der Waals surface area contributed by atoms with E-state index in [2.05, 4.69) is 6.55 Å². The summed E-state index contributed by atoms with van der Waals surface area (Å²) in [5, 5.41) is 1.57. The normalized spacial score (nSPS) is 35.8. The smallest absolute Gasteiger partial charge is 0.154 e. The molecule has 1 fully saturated rings. The van der Waals surface area contributed by atoms with E-state index < -0.39 is 8.07 Å². The van der Waals surface area contributed by atoms with Crippen LogP contribution in [-0.2, 0) is 4.79 Å². The Kier molecular flexibility index (Phi) is 1.95. The maximum atomic E-state index is 11.2. The molecule has 2 heterocycles. The molecule has 1 atom stereocenters. The highest BCUT2D eigenvalue weighted by Crippen LogP contribution is 2.38. The van der Waals surface area contributed by atoms with Gasteiger partial charge in [0.15, 0.2) is 5.78 Å². The molecular weight excluding hydrogens is 164 g/mol. The molecule has 1 saturated heterocycles. The molecule has 1 unspecified atom stereocenters. The highest BCUT2D eigenvalue weighted by atomic mass is 28.3. The molecule has 0 spiro atoms. The average molecular weight is 180 g/mol. The van der Waals surface area contributed by atoms with E-state index in [4.69, 9.17) is 0 Å². The maximum Gasteiger partial charge on any atom is 0.154 e. The zero-order chi connectivity index (χ0) is 8.60. The second kappa shape index (κ2) is 2.84. The maximum absolute atomic E-state index is 11.2. The minimum Gasteiger partial charge on any atom is -0.295 e. The third-order valence-corrected chi connectivity index (χ3v) is 8.21. The highest BCUT2D eigenvalue weighted by molar-refractivity contribution is 6.86. The molecule has 0 radical (unpaired) electrons. The third kappa shape index (κ3) is 1.28. The minimum atomic E-state index is -1.05. The van der Waals surface area contributed by atoms with E-state index >= 15 is 0 Å². The Labute approximate surface area is 74.9 Å². The van der Waals surface area contributed by atoms with Crippen molar-refractivity contribution in [3.63, 3.8) is 0 Å². The number of ketones is 1. The lowest BCUT2D eigenvalue weighted by Gasteiger charge is -2.36. The zero-order valence-corrected chi connectivity index (χ0v) is 8.73. The van der Waals surface area contributed by atoms with Crippen LogP contribution in [0.25, 0.3) is 0 Å². The quantitative estimate of drug-likeness (QED) is 0.524.